The van der Waals surface area contributed by atoms with Gasteiger partial charge in [-0.3, -0.25) is 24.9 Å². The quantitative estimate of drug-likeness (QED) is 0.102. The highest BCUT2D eigenvalue weighted by Crippen LogP contribution is 2.49. The Morgan fingerprint density at radius 1 is 0.346 bits per heavy atom. The van der Waals surface area contributed by atoms with Crippen LogP contribution >= 0.6 is 0 Å². The van der Waals surface area contributed by atoms with Crippen LogP contribution in [0.15, 0.2) is 213 Å². The number of pyridine rings is 5. The molecule has 5 heterocycles. The average molecular weight is 1020 g/mol. The highest BCUT2D eigenvalue weighted by molar-refractivity contribution is 5.93. The molecule has 386 valence electrons. The molecule has 5 heteroatoms. The van der Waals surface area contributed by atoms with E-state index in [9.17, 15) is 0 Å². The van der Waals surface area contributed by atoms with Crippen molar-refractivity contribution in [3.63, 3.8) is 0 Å². The lowest BCUT2D eigenvalue weighted by atomic mass is 9.71. The summed E-state index contributed by atoms with van der Waals surface area (Å²) in [5.41, 5.74) is 23.3. The summed E-state index contributed by atoms with van der Waals surface area (Å²) in [5.74, 6) is 0.599. The van der Waals surface area contributed by atoms with Gasteiger partial charge >= 0.3 is 0 Å². The summed E-state index contributed by atoms with van der Waals surface area (Å²) in [4.78, 5) is 25.3. The zero-order valence-electron chi connectivity index (χ0n) is 45.7. The summed E-state index contributed by atoms with van der Waals surface area (Å²) in [7, 11) is 0. The molecule has 78 heavy (non-hydrogen) atoms. The van der Waals surface area contributed by atoms with Crippen molar-refractivity contribution in [2.75, 3.05) is 0 Å². The van der Waals surface area contributed by atoms with E-state index in [0.29, 0.717) is 11.8 Å². The van der Waals surface area contributed by atoms with Crippen LogP contribution in [-0.4, -0.2) is 24.9 Å². The molecule has 0 radical (unpaired) electrons. The second kappa shape index (κ2) is 22.1. The van der Waals surface area contributed by atoms with Gasteiger partial charge in [-0.2, -0.15) is 0 Å². The maximum absolute atomic E-state index is 5.29. The zero-order chi connectivity index (χ0) is 53.1. The van der Waals surface area contributed by atoms with E-state index < -0.39 is 0 Å². The molecule has 2 aliphatic rings. The molecule has 0 N–H and O–H groups in total. The first kappa shape index (κ1) is 50.7. The largest absolute Gasteiger partial charge is 0.256 e. The Labute approximate surface area is 462 Å². The Morgan fingerprint density at radius 2 is 0.808 bits per heavy atom. The van der Waals surface area contributed by atoms with Gasteiger partial charge in [-0.25, -0.2) is 0 Å². The van der Waals surface area contributed by atoms with Gasteiger partial charge in [0.1, 0.15) is 0 Å². The minimum absolute atomic E-state index is 0.0482. The van der Waals surface area contributed by atoms with E-state index in [1.54, 1.807) is 0 Å². The molecular weight excluding hydrogens is 947 g/mol. The van der Waals surface area contributed by atoms with Crippen molar-refractivity contribution in [3.05, 3.63) is 246 Å². The van der Waals surface area contributed by atoms with Crippen LogP contribution in [-0.2, 0) is 23.7 Å². The third-order valence-electron chi connectivity index (χ3n) is 17.2. The van der Waals surface area contributed by atoms with Gasteiger partial charge in [0.05, 0.1) is 28.5 Å². The highest BCUT2D eigenvalue weighted by atomic mass is 14.8. The molecule has 2 saturated carbocycles. The molecule has 0 atom stereocenters. The van der Waals surface area contributed by atoms with Gasteiger partial charge in [0.15, 0.2) is 0 Å². The molecule has 0 saturated heterocycles. The molecule has 5 nitrogen and oxygen atoms in total. The summed E-state index contributed by atoms with van der Waals surface area (Å²) >= 11 is 0. The molecule has 10 aromatic rings. The van der Waals surface area contributed by atoms with Crippen LogP contribution < -0.4 is 0 Å². The molecule has 0 unspecified atom stereocenters. The second-order valence-electron chi connectivity index (χ2n) is 22.9. The van der Waals surface area contributed by atoms with Crippen molar-refractivity contribution >= 4 is 0 Å². The lowest BCUT2D eigenvalue weighted by Crippen LogP contribution is -2.27. The molecular formula is C73H69N5. The van der Waals surface area contributed by atoms with Crippen LogP contribution in [0.2, 0.25) is 0 Å². The van der Waals surface area contributed by atoms with E-state index in [1.807, 2.05) is 24.5 Å². The van der Waals surface area contributed by atoms with Gasteiger partial charge in [-0.15, -0.1) is 0 Å². The van der Waals surface area contributed by atoms with Crippen LogP contribution in [0.3, 0.4) is 0 Å². The van der Waals surface area contributed by atoms with Crippen LogP contribution in [0, 0.1) is 0 Å². The van der Waals surface area contributed by atoms with Crippen molar-refractivity contribution in [1.82, 2.24) is 24.9 Å². The van der Waals surface area contributed by atoms with E-state index in [0.717, 1.165) is 89.2 Å². The first-order valence-corrected chi connectivity index (χ1v) is 28.5. The number of benzene rings is 5. The molecule has 0 bridgehead atoms. The minimum Gasteiger partial charge on any atom is -0.256 e. The van der Waals surface area contributed by atoms with Crippen LogP contribution in [0.5, 0.6) is 0 Å². The van der Waals surface area contributed by atoms with E-state index in [2.05, 4.69) is 216 Å². The van der Waals surface area contributed by atoms with Gasteiger partial charge in [-0.1, -0.05) is 205 Å². The maximum Gasteiger partial charge on any atom is 0.0920 e. The second-order valence-corrected chi connectivity index (χ2v) is 22.9. The fraction of sp³-hybridized carbons (Fsp3) is 0.247. The summed E-state index contributed by atoms with van der Waals surface area (Å²) in [6.07, 6.45) is 21.5. The van der Waals surface area contributed by atoms with Crippen molar-refractivity contribution in [1.29, 1.82) is 0 Å². The Kier molecular flexibility index (Phi) is 14.3. The van der Waals surface area contributed by atoms with E-state index >= 15 is 0 Å². The summed E-state index contributed by atoms with van der Waals surface area (Å²) in [6, 6.07) is 66.6. The van der Waals surface area contributed by atoms with E-state index in [-0.39, 0.29) is 10.8 Å². The summed E-state index contributed by atoms with van der Waals surface area (Å²) in [6.45, 7) is 9.18. The van der Waals surface area contributed by atoms with Crippen molar-refractivity contribution in [2.45, 2.75) is 115 Å². The van der Waals surface area contributed by atoms with E-state index in [1.165, 1.54) is 86.9 Å². The highest BCUT2D eigenvalue weighted by Gasteiger charge is 2.39. The third-order valence-corrected chi connectivity index (χ3v) is 17.2. The molecule has 0 aliphatic heterocycles. The summed E-state index contributed by atoms with van der Waals surface area (Å²) in [5, 5.41) is 0. The van der Waals surface area contributed by atoms with Crippen molar-refractivity contribution in [2.24, 2.45) is 0 Å². The Bertz CT molecular complexity index is 3530. The lowest BCUT2D eigenvalue weighted by Gasteiger charge is -2.33. The number of hydrogen-bond acceptors (Lipinski definition) is 5. The van der Waals surface area contributed by atoms with Crippen LogP contribution in [0.25, 0.3) is 78.5 Å². The van der Waals surface area contributed by atoms with Gasteiger partial charge in [-0.05, 0) is 153 Å². The molecule has 0 spiro atoms. The number of nitrogens with zero attached hydrogens (tertiary/aromatic N) is 5. The fourth-order valence-electron chi connectivity index (χ4n) is 13.1. The third kappa shape index (κ3) is 10.3. The zero-order valence-corrected chi connectivity index (χ0v) is 45.7. The first-order chi connectivity index (χ1) is 38.2. The maximum atomic E-state index is 5.29. The Morgan fingerprint density at radius 3 is 1.31 bits per heavy atom. The van der Waals surface area contributed by atoms with E-state index in [4.69, 9.17) is 24.9 Å². The number of rotatable bonds is 15. The summed E-state index contributed by atoms with van der Waals surface area (Å²) < 4.78 is 0. The molecule has 0 amide bonds. The Balaban J connectivity index is 1.01. The minimum atomic E-state index is -0.0482. The molecule has 5 aromatic heterocycles. The predicted octanol–water partition coefficient (Wildman–Crippen LogP) is 18.7. The molecule has 2 aliphatic carbocycles. The molecule has 2 fully saturated rings. The standard InChI is InChI=1S/C73H69N5/c1-50(2)63-42-59(47-77-70(63)67-27-13-19-37-74-67)72(33-15-16-34-72)45-52-39-53(46-73(35-17-18-36-73)60-43-64(51(3)4)71(78-48-60)68-28-14-20-38-75-68)41-58(40-52)61-25-11-12-26-62(61)66-49-76-69(57-23-9-6-10-24-57)44-65(66)56-31-29-55(30-32-56)54-21-7-5-8-22-54/h5-14,19-32,37-44,47-51H,15-18,33-36,45-46H2,1-4H3. The number of hydrogen-bond donors (Lipinski definition) is 0. The lowest BCUT2D eigenvalue weighted by molar-refractivity contribution is 0.430. The monoisotopic (exact) mass is 1020 g/mol. The molecule has 5 aromatic carbocycles. The van der Waals surface area contributed by atoms with Gasteiger partial charge in [0.2, 0.25) is 0 Å². The Hall–Kier alpha value is -8.15. The van der Waals surface area contributed by atoms with Gasteiger partial charge < -0.3 is 0 Å². The molecule has 12 rings (SSSR count). The topological polar surface area (TPSA) is 64.5 Å². The SMILES string of the molecule is CC(C)c1cc(C2(Cc3cc(CC4(c5cnc(-c6ccccn6)c(C(C)C)c5)CCCC4)cc(-c4ccccc4-c4cnc(-c5ccccc5)cc4-c4ccc(-c5ccccc5)cc4)c3)CCCC2)cnc1-c1ccccn1. The van der Waals surface area contributed by atoms with Gasteiger partial charge in [0.25, 0.3) is 0 Å². The van der Waals surface area contributed by atoms with Crippen molar-refractivity contribution < 1.29 is 0 Å². The first-order valence-electron chi connectivity index (χ1n) is 28.5. The van der Waals surface area contributed by atoms with Gasteiger partial charge in [0, 0.05) is 52.9 Å². The van der Waals surface area contributed by atoms with Crippen LogP contribution in [0.4, 0.5) is 0 Å². The van der Waals surface area contributed by atoms with Crippen LogP contribution in [0.1, 0.15) is 124 Å². The van der Waals surface area contributed by atoms with Crippen molar-refractivity contribution in [3.8, 4) is 78.5 Å². The predicted molar refractivity (Wildman–Crippen MR) is 322 cm³/mol. The fourth-order valence-corrected chi connectivity index (χ4v) is 13.1. The number of aromatic nitrogens is 5. The smallest absolute Gasteiger partial charge is 0.0920 e. The normalized spacial score (nSPS) is 14.8. The average Bonchev–Trinajstić information content (AvgIpc) is 4.29.